The van der Waals surface area contributed by atoms with E-state index < -0.39 is 10.0 Å². The molecule has 0 aliphatic rings. The molecule has 6 heteroatoms. The van der Waals surface area contributed by atoms with Gasteiger partial charge in [0.05, 0.1) is 16.8 Å². The van der Waals surface area contributed by atoms with Crippen LogP contribution in [0.4, 0.5) is 11.5 Å². The van der Waals surface area contributed by atoms with E-state index in [1.807, 2.05) is 43.1 Å². The molecule has 1 N–H and O–H groups in total. The second-order valence-corrected chi connectivity index (χ2v) is 7.85. The molecule has 0 fully saturated rings. The Morgan fingerprint density at radius 3 is 2.42 bits per heavy atom. The molecule has 0 unspecified atom stereocenters. The van der Waals surface area contributed by atoms with Gasteiger partial charge in [0.25, 0.3) is 10.0 Å². The minimum absolute atomic E-state index is 0.239. The van der Waals surface area contributed by atoms with E-state index in [1.165, 1.54) is 11.8 Å². The number of aryl methyl sites for hydroxylation is 1. The molecule has 26 heavy (non-hydrogen) atoms. The van der Waals surface area contributed by atoms with Gasteiger partial charge >= 0.3 is 0 Å². The van der Waals surface area contributed by atoms with Crippen LogP contribution in [0.2, 0.25) is 0 Å². The first-order valence-corrected chi connectivity index (χ1v) is 9.73. The van der Waals surface area contributed by atoms with E-state index in [2.05, 4.69) is 21.8 Å². The highest BCUT2D eigenvalue weighted by atomic mass is 32.2. The number of anilines is 2. The van der Waals surface area contributed by atoms with Crippen molar-refractivity contribution in [3.8, 4) is 0 Å². The molecule has 0 saturated carbocycles. The number of rotatable bonds is 6. The van der Waals surface area contributed by atoms with E-state index in [9.17, 15) is 8.42 Å². The van der Waals surface area contributed by atoms with Crippen LogP contribution in [0.1, 0.15) is 11.1 Å². The Balaban J connectivity index is 1.71. The van der Waals surface area contributed by atoms with Crippen LogP contribution in [-0.2, 0) is 16.6 Å². The molecule has 0 amide bonds. The average molecular weight is 367 g/mol. The summed E-state index contributed by atoms with van der Waals surface area (Å²) in [5.74, 6) is 0.771. The van der Waals surface area contributed by atoms with E-state index in [1.54, 1.807) is 30.3 Å². The summed E-state index contributed by atoms with van der Waals surface area (Å²) in [5, 5.41) is 0. The van der Waals surface area contributed by atoms with Crippen molar-refractivity contribution in [2.45, 2.75) is 18.4 Å². The van der Waals surface area contributed by atoms with Gasteiger partial charge in [0.2, 0.25) is 0 Å². The SMILES string of the molecule is Cc1cccc(S(=O)(=O)Nc2ccc(N(C)Cc3ccccc3)nc2)c1. The summed E-state index contributed by atoms with van der Waals surface area (Å²) in [7, 11) is -1.67. The summed E-state index contributed by atoms with van der Waals surface area (Å²) in [6, 6.07) is 20.4. The number of benzene rings is 2. The molecule has 0 aliphatic carbocycles. The van der Waals surface area contributed by atoms with Crippen molar-refractivity contribution < 1.29 is 8.42 Å². The third kappa shape index (κ3) is 4.40. The van der Waals surface area contributed by atoms with Crippen LogP contribution >= 0.6 is 0 Å². The second-order valence-electron chi connectivity index (χ2n) is 6.17. The molecular formula is C20H21N3O2S. The van der Waals surface area contributed by atoms with Crippen LogP contribution in [0, 0.1) is 6.92 Å². The van der Waals surface area contributed by atoms with Crippen LogP contribution in [0.3, 0.4) is 0 Å². The molecule has 0 aliphatic heterocycles. The van der Waals surface area contributed by atoms with Gasteiger partial charge in [-0.15, -0.1) is 0 Å². The normalized spacial score (nSPS) is 11.2. The quantitative estimate of drug-likeness (QED) is 0.719. The van der Waals surface area contributed by atoms with Crippen LogP contribution in [0.5, 0.6) is 0 Å². The van der Waals surface area contributed by atoms with Gasteiger partial charge in [0.15, 0.2) is 0 Å². The molecule has 3 rings (SSSR count). The summed E-state index contributed by atoms with van der Waals surface area (Å²) in [6.45, 7) is 2.58. The zero-order chi connectivity index (χ0) is 18.6. The monoisotopic (exact) mass is 367 g/mol. The van der Waals surface area contributed by atoms with E-state index in [0.29, 0.717) is 5.69 Å². The predicted octanol–water partition coefficient (Wildman–Crippen LogP) is 3.83. The highest BCUT2D eigenvalue weighted by Crippen LogP contribution is 2.19. The van der Waals surface area contributed by atoms with Gasteiger partial charge in [-0.1, -0.05) is 42.5 Å². The van der Waals surface area contributed by atoms with E-state index in [-0.39, 0.29) is 4.90 Å². The van der Waals surface area contributed by atoms with Crippen LogP contribution < -0.4 is 9.62 Å². The first-order chi connectivity index (χ1) is 12.4. The molecule has 0 spiro atoms. The lowest BCUT2D eigenvalue weighted by atomic mass is 10.2. The maximum Gasteiger partial charge on any atom is 0.261 e. The number of aromatic nitrogens is 1. The second kappa shape index (κ2) is 7.58. The number of nitrogens with zero attached hydrogens (tertiary/aromatic N) is 2. The zero-order valence-corrected chi connectivity index (χ0v) is 15.6. The lowest BCUT2D eigenvalue weighted by Crippen LogP contribution is -2.18. The molecule has 134 valence electrons. The fourth-order valence-electron chi connectivity index (χ4n) is 2.61. The lowest BCUT2D eigenvalue weighted by Gasteiger charge is -2.18. The number of hydrogen-bond acceptors (Lipinski definition) is 4. The van der Waals surface area contributed by atoms with E-state index in [0.717, 1.165) is 17.9 Å². The minimum atomic E-state index is -3.62. The minimum Gasteiger partial charge on any atom is -0.355 e. The van der Waals surface area contributed by atoms with E-state index >= 15 is 0 Å². The first-order valence-electron chi connectivity index (χ1n) is 8.25. The van der Waals surface area contributed by atoms with Gasteiger partial charge in [0.1, 0.15) is 5.82 Å². The Hall–Kier alpha value is -2.86. The average Bonchev–Trinajstić information content (AvgIpc) is 2.63. The smallest absolute Gasteiger partial charge is 0.261 e. The topological polar surface area (TPSA) is 62.3 Å². The fraction of sp³-hybridized carbons (Fsp3) is 0.150. The molecule has 3 aromatic rings. The molecule has 0 radical (unpaired) electrons. The highest BCUT2D eigenvalue weighted by Gasteiger charge is 2.14. The maximum atomic E-state index is 12.5. The summed E-state index contributed by atoms with van der Waals surface area (Å²) >= 11 is 0. The standard InChI is InChI=1S/C20H21N3O2S/c1-16-7-6-10-19(13-16)26(24,25)22-18-11-12-20(21-14-18)23(2)15-17-8-4-3-5-9-17/h3-14,22H,15H2,1-2H3. The Labute approximate surface area is 154 Å². The number of pyridine rings is 1. The summed E-state index contributed by atoms with van der Waals surface area (Å²) in [4.78, 5) is 6.62. The Kier molecular flexibility index (Phi) is 5.23. The Bertz CT molecular complexity index is 971. The number of sulfonamides is 1. The predicted molar refractivity (Wildman–Crippen MR) is 105 cm³/mol. The molecule has 1 aromatic heterocycles. The Morgan fingerprint density at radius 2 is 1.77 bits per heavy atom. The zero-order valence-electron chi connectivity index (χ0n) is 14.8. The van der Waals surface area contributed by atoms with Crippen molar-refractivity contribution >= 4 is 21.5 Å². The summed E-state index contributed by atoms with van der Waals surface area (Å²) < 4.78 is 27.5. The molecular weight excluding hydrogens is 346 g/mol. The van der Waals surface area contributed by atoms with Gasteiger partial charge in [-0.25, -0.2) is 13.4 Å². The molecule has 0 saturated heterocycles. The van der Waals surface area contributed by atoms with Crippen LogP contribution in [0.15, 0.2) is 77.8 Å². The van der Waals surface area contributed by atoms with Crippen molar-refractivity contribution in [2.24, 2.45) is 0 Å². The van der Waals surface area contributed by atoms with Gasteiger partial charge in [0, 0.05) is 13.6 Å². The van der Waals surface area contributed by atoms with Crippen LogP contribution in [-0.4, -0.2) is 20.4 Å². The highest BCUT2D eigenvalue weighted by molar-refractivity contribution is 7.92. The molecule has 0 bridgehead atoms. The third-order valence-corrected chi connectivity index (χ3v) is 5.33. The summed E-state index contributed by atoms with van der Waals surface area (Å²) in [6.07, 6.45) is 1.53. The van der Waals surface area contributed by atoms with Crippen molar-refractivity contribution in [2.75, 3.05) is 16.7 Å². The third-order valence-electron chi connectivity index (χ3n) is 3.95. The van der Waals surface area contributed by atoms with Crippen molar-refractivity contribution in [3.63, 3.8) is 0 Å². The van der Waals surface area contributed by atoms with Crippen LogP contribution in [0.25, 0.3) is 0 Å². The maximum absolute atomic E-state index is 12.5. The van der Waals surface area contributed by atoms with Crippen molar-refractivity contribution in [3.05, 3.63) is 84.1 Å². The molecule has 0 atom stereocenters. The fourth-order valence-corrected chi connectivity index (χ4v) is 3.75. The largest absolute Gasteiger partial charge is 0.355 e. The summed E-state index contributed by atoms with van der Waals surface area (Å²) in [5.41, 5.74) is 2.51. The molecule has 1 heterocycles. The first kappa shape index (κ1) is 17.9. The number of nitrogens with one attached hydrogen (secondary N) is 1. The lowest BCUT2D eigenvalue weighted by molar-refractivity contribution is 0.601. The van der Waals surface area contributed by atoms with Gasteiger partial charge in [-0.3, -0.25) is 4.72 Å². The van der Waals surface area contributed by atoms with Gasteiger partial charge < -0.3 is 4.90 Å². The molecule has 5 nitrogen and oxygen atoms in total. The van der Waals surface area contributed by atoms with Crippen molar-refractivity contribution in [1.29, 1.82) is 0 Å². The molecule has 2 aromatic carbocycles. The van der Waals surface area contributed by atoms with Gasteiger partial charge in [-0.05, 0) is 42.3 Å². The van der Waals surface area contributed by atoms with E-state index in [4.69, 9.17) is 0 Å². The Morgan fingerprint density at radius 1 is 1.00 bits per heavy atom. The number of hydrogen-bond donors (Lipinski definition) is 1. The van der Waals surface area contributed by atoms with Gasteiger partial charge in [-0.2, -0.15) is 0 Å². The van der Waals surface area contributed by atoms with Crippen molar-refractivity contribution in [1.82, 2.24) is 4.98 Å².